The van der Waals surface area contributed by atoms with E-state index in [0.717, 1.165) is 5.75 Å². The Morgan fingerprint density at radius 2 is 1.95 bits per heavy atom. The molecule has 20 heavy (non-hydrogen) atoms. The number of nitrogens with zero attached hydrogens (tertiary/aromatic N) is 1. The first-order chi connectivity index (χ1) is 9.69. The first-order valence-electron chi connectivity index (χ1n) is 6.75. The Labute approximate surface area is 118 Å². The van der Waals surface area contributed by atoms with Gasteiger partial charge in [-0.05, 0) is 12.1 Å². The third-order valence-corrected chi connectivity index (χ3v) is 3.30. The minimum atomic E-state index is 0.0420. The van der Waals surface area contributed by atoms with Gasteiger partial charge in [-0.25, -0.2) is 0 Å². The molecule has 1 aliphatic rings. The molecule has 1 aromatic carbocycles. The van der Waals surface area contributed by atoms with Crippen molar-refractivity contribution < 1.29 is 19.1 Å². The lowest BCUT2D eigenvalue weighted by Crippen LogP contribution is -2.39. The predicted molar refractivity (Wildman–Crippen MR) is 73.9 cm³/mol. The van der Waals surface area contributed by atoms with E-state index in [1.807, 2.05) is 18.2 Å². The number of Topliss-reactive ketones (excluding diaryl/α,β-unsaturated/α-hetero) is 1. The molecule has 0 spiro atoms. The number of carbonyl (C=O) groups excluding carboxylic acids is 2. The zero-order valence-electron chi connectivity index (χ0n) is 11.6. The highest BCUT2D eigenvalue weighted by Crippen LogP contribution is 2.19. The van der Waals surface area contributed by atoms with Crippen molar-refractivity contribution in [2.75, 3.05) is 26.8 Å². The van der Waals surface area contributed by atoms with E-state index in [2.05, 4.69) is 0 Å². The summed E-state index contributed by atoms with van der Waals surface area (Å²) in [5.41, 5.74) is 0. The second-order valence-electron chi connectivity index (χ2n) is 4.70. The average Bonchev–Trinajstić information content (AvgIpc) is 2.48. The van der Waals surface area contributed by atoms with Gasteiger partial charge in [0.2, 0.25) is 5.91 Å². The van der Waals surface area contributed by atoms with E-state index in [0.29, 0.717) is 44.7 Å². The second-order valence-corrected chi connectivity index (χ2v) is 4.70. The van der Waals surface area contributed by atoms with Gasteiger partial charge in [-0.1, -0.05) is 6.07 Å². The second kappa shape index (κ2) is 6.93. The van der Waals surface area contributed by atoms with Crippen LogP contribution in [-0.4, -0.2) is 43.4 Å². The SMILES string of the molecule is COc1cccc(OCCC(=O)N2CCC(=O)CC2)c1. The van der Waals surface area contributed by atoms with Crippen molar-refractivity contribution in [2.24, 2.45) is 0 Å². The number of piperidine rings is 1. The van der Waals surface area contributed by atoms with Gasteiger partial charge in [0.05, 0.1) is 20.1 Å². The van der Waals surface area contributed by atoms with Crippen LogP contribution in [0.2, 0.25) is 0 Å². The molecule has 0 bridgehead atoms. The quantitative estimate of drug-likeness (QED) is 0.821. The van der Waals surface area contributed by atoms with Crippen LogP contribution in [0.15, 0.2) is 24.3 Å². The number of ether oxygens (including phenoxy) is 2. The van der Waals surface area contributed by atoms with Crippen LogP contribution in [0.1, 0.15) is 19.3 Å². The van der Waals surface area contributed by atoms with E-state index in [1.165, 1.54) is 0 Å². The number of hydrogen-bond acceptors (Lipinski definition) is 4. The summed E-state index contributed by atoms with van der Waals surface area (Å²) in [5.74, 6) is 1.69. The van der Waals surface area contributed by atoms with Gasteiger partial charge in [-0.3, -0.25) is 9.59 Å². The Kier molecular flexibility index (Phi) is 4.98. The molecule has 5 nitrogen and oxygen atoms in total. The topological polar surface area (TPSA) is 55.8 Å². The van der Waals surface area contributed by atoms with Crippen LogP contribution in [0.3, 0.4) is 0 Å². The molecule has 0 saturated carbocycles. The van der Waals surface area contributed by atoms with Crippen molar-refractivity contribution in [3.8, 4) is 11.5 Å². The third-order valence-electron chi connectivity index (χ3n) is 3.30. The van der Waals surface area contributed by atoms with Crippen molar-refractivity contribution in [1.29, 1.82) is 0 Å². The van der Waals surface area contributed by atoms with Crippen LogP contribution in [0.25, 0.3) is 0 Å². The molecule has 2 rings (SSSR count). The summed E-state index contributed by atoms with van der Waals surface area (Å²) in [4.78, 5) is 24.8. The first kappa shape index (κ1) is 14.4. The monoisotopic (exact) mass is 277 g/mol. The molecular formula is C15H19NO4. The minimum Gasteiger partial charge on any atom is -0.497 e. The van der Waals surface area contributed by atoms with Crippen LogP contribution in [0, 0.1) is 0 Å². The highest BCUT2D eigenvalue weighted by Gasteiger charge is 2.20. The van der Waals surface area contributed by atoms with Gasteiger partial charge in [0.15, 0.2) is 0 Å². The van der Waals surface area contributed by atoms with E-state index < -0.39 is 0 Å². The van der Waals surface area contributed by atoms with Gasteiger partial charge < -0.3 is 14.4 Å². The molecule has 0 atom stereocenters. The zero-order valence-corrected chi connectivity index (χ0v) is 11.6. The molecule has 0 unspecified atom stereocenters. The summed E-state index contributed by atoms with van der Waals surface area (Å²) < 4.78 is 10.6. The fourth-order valence-corrected chi connectivity index (χ4v) is 2.11. The lowest BCUT2D eigenvalue weighted by molar-refractivity contribution is -0.134. The zero-order chi connectivity index (χ0) is 14.4. The smallest absolute Gasteiger partial charge is 0.226 e. The van der Waals surface area contributed by atoms with Crippen LogP contribution in [0.4, 0.5) is 0 Å². The van der Waals surface area contributed by atoms with Crippen LogP contribution in [0.5, 0.6) is 11.5 Å². The number of amides is 1. The lowest BCUT2D eigenvalue weighted by Gasteiger charge is -2.26. The largest absolute Gasteiger partial charge is 0.497 e. The molecule has 108 valence electrons. The molecule has 0 radical (unpaired) electrons. The Balaban J connectivity index is 1.74. The normalized spacial score (nSPS) is 15.1. The van der Waals surface area contributed by atoms with Gasteiger partial charge in [0.1, 0.15) is 17.3 Å². The van der Waals surface area contributed by atoms with E-state index >= 15 is 0 Å². The maximum absolute atomic E-state index is 11.9. The molecule has 1 saturated heterocycles. The number of rotatable bonds is 5. The maximum atomic E-state index is 11.9. The molecule has 5 heteroatoms. The Hall–Kier alpha value is -2.04. The summed E-state index contributed by atoms with van der Waals surface area (Å²) in [6.45, 7) is 1.41. The summed E-state index contributed by atoms with van der Waals surface area (Å²) >= 11 is 0. The standard InChI is InChI=1S/C15H19NO4/c1-19-13-3-2-4-14(11-13)20-10-7-15(18)16-8-5-12(17)6-9-16/h2-4,11H,5-10H2,1H3. The molecule has 0 aromatic heterocycles. The molecule has 1 amide bonds. The van der Waals surface area contributed by atoms with E-state index in [-0.39, 0.29) is 11.7 Å². The lowest BCUT2D eigenvalue weighted by atomic mass is 10.1. The summed E-state index contributed by atoms with van der Waals surface area (Å²) in [5, 5.41) is 0. The number of likely N-dealkylation sites (tertiary alicyclic amines) is 1. The fraction of sp³-hybridized carbons (Fsp3) is 0.467. The number of hydrogen-bond donors (Lipinski definition) is 0. The summed E-state index contributed by atoms with van der Waals surface area (Å²) in [6, 6.07) is 7.28. The van der Waals surface area contributed by atoms with Crippen LogP contribution in [-0.2, 0) is 9.59 Å². The molecule has 1 fully saturated rings. The Morgan fingerprint density at radius 1 is 1.25 bits per heavy atom. The molecule has 1 aromatic rings. The molecule has 1 aliphatic heterocycles. The number of methoxy groups -OCH3 is 1. The molecule has 0 N–H and O–H groups in total. The van der Waals surface area contributed by atoms with Crippen LogP contribution < -0.4 is 9.47 Å². The van der Waals surface area contributed by atoms with Gasteiger partial charge >= 0.3 is 0 Å². The minimum absolute atomic E-state index is 0.0420. The third kappa shape index (κ3) is 3.98. The van der Waals surface area contributed by atoms with Crippen molar-refractivity contribution in [2.45, 2.75) is 19.3 Å². The highest BCUT2D eigenvalue weighted by atomic mass is 16.5. The number of benzene rings is 1. The van der Waals surface area contributed by atoms with Crippen molar-refractivity contribution in [1.82, 2.24) is 4.90 Å². The van der Waals surface area contributed by atoms with Crippen molar-refractivity contribution in [3.63, 3.8) is 0 Å². The molecule has 1 heterocycles. The highest BCUT2D eigenvalue weighted by molar-refractivity contribution is 5.83. The molecule has 0 aliphatic carbocycles. The van der Waals surface area contributed by atoms with Gasteiger partial charge in [0, 0.05) is 32.0 Å². The average molecular weight is 277 g/mol. The van der Waals surface area contributed by atoms with Crippen molar-refractivity contribution in [3.05, 3.63) is 24.3 Å². The van der Waals surface area contributed by atoms with Gasteiger partial charge in [-0.15, -0.1) is 0 Å². The van der Waals surface area contributed by atoms with E-state index in [9.17, 15) is 9.59 Å². The molecular weight excluding hydrogens is 258 g/mol. The fourth-order valence-electron chi connectivity index (χ4n) is 2.11. The van der Waals surface area contributed by atoms with Gasteiger partial charge in [0.25, 0.3) is 0 Å². The first-order valence-corrected chi connectivity index (χ1v) is 6.75. The maximum Gasteiger partial charge on any atom is 0.226 e. The predicted octanol–water partition coefficient (Wildman–Crippen LogP) is 1.66. The van der Waals surface area contributed by atoms with E-state index in [1.54, 1.807) is 18.1 Å². The van der Waals surface area contributed by atoms with Crippen LogP contribution >= 0.6 is 0 Å². The van der Waals surface area contributed by atoms with Crippen molar-refractivity contribution >= 4 is 11.7 Å². The summed E-state index contributed by atoms with van der Waals surface area (Å²) in [6.07, 6.45) is 1.27. The van der Waals surface area contributed by atoms with Gasteiger partial charge in [-0.2, -0.15) is 0 Å². The Bertz CT molecular complexity index is 477. The number of carbonyl (C=O) groups is 2. The van der Waals surface area contributed by atoms with E-state index in [4.69, 9.17) is 9.47 Å². The summed E-state index contributed by atoms with van der Waals surface area (Å²) in [7, 11) is 1.60. The number of ketones is 1. The Morgan fingerprint density at radius 3 is 2.65 bits per heavy atom.